The number of para-hydroxylation sites is 2. The summed E-state index contributed by atoms with van der Waals surface area (Å²) in [5.41, 5.74) is 8.09. The predicted octanol–water partition coefficient (Wildman–Crippen LogP) is 7.47. The van der Waals surface area contributed by atoms with Crippen LogP contribution in [0.3, 0.4) is 0 Å². The number of hydrogen-bond donors (Lipinski definition) is 0. The van der Waals surface area contributed by atoms with Crippen molar-refractivity contribution < 1.29 is 12.8 Å². The van der Waals surface area contributed by atoms with Crippen LogP contribution in [0, 0.1) is 5.82 Å². The third-order valence-electron chi connectivity index (χ3n) is 6.98. The minimum atomic E-state index is -3.15. The van der Waals surface area contributed by atoms with Crippen LogP contribution in [0.25, 0.3) is 55.6 Å². The van der Waals surface area contributed by atoms with Crippen LogP contribution in [-0.4, -0.2) is 35.4 Å². The lowest BCUT2D eigenvalue weighted by Gasteiger charge is -2.16. The second-order valence-corrected chi connectivity index (χ2v) is 12.3. The summed E-state index contributed by atoms with van der Waals surface area (Å²) >= 11 is 0. The number of nitrogens with zero attached hydrogens (tertiary/aromatic N) is 3. The molecule has 0 bridgehead atoms. The van der Waals surface area contributed by atoms with Gasteiger partial charge in [0, 0.05) is 34.5 Å². The molecular weight excluding hydrogens is 521 g/mol. The number of aromatic nitrogens is 3. The molecule has 6 aromatic rings. The molecule has 0 aliphatic rings. The van der Waals surface area contributed by atoms with Crippen LogP contribution in [-0.2, 0) is 9.84 Å². The molecule has 0 aliphatic heterocycles. The molecule has 4 aromatic carbocycles. The molecule has 198 valence electrons. The first-order valence-electron chi connectivity index (χ1n) is 12.9. The Hall–Kier alpha value is -4.49. The highest BCUT2D eigenvalue weighted by Gasteiger charge is 2.18. The fourth-order valence-corrected chi connectivity index (χ4v) is 6.22. The summed E-state index contributed by atoms with van der Waals surface area (Å²) in [7, 11) is -3.15. The van der Waals surface area contributed by atoms with Crippen LogP contribution >= 0.6 is 0 Å². The molecule has 5 nitrogen and oxygen atoms in total. The molecule has 0 saturated heterocycles. The maximum absolute atomic E-state index is 13.8. The van der Waals surface area contributed by atoms with Crippen LogP contribution in [0.1, 0.15) is 18.4 Å². The second kappa shape index (κ2) is 10.2. The smallest absolute Gasteiger partial charge is 0.148 e. The Morgan fingerprint density at radius 1 is 0.750 bits per heavy atom. The number of hydrogen-bond acceptors (Lipinski definition) is 5. The van der Waals surface area contributed by atoms with Gasteiger partial charge < -0.3 is 0 Å². The first-order chi connectivity index (χ1) is 19.2. The van der Waals surface area contributed by atoms with E-state index in [1.54, 1.807) is 18.3 Å². The Balaban J connectivity index is 1.54. The lowest BCUT2D eigenvalue weighted by atomic mass is 9.92. The molecule has 40 heavy (non-hydrogen) atoms. The van der Waals surface area contributed by atoms with E-state index in [9.17, 15) is 12.8 Å². The summed E-state index contributed by atoms with van der Waals surface area (Å²) in [6.07, 6.45) is 3.02. The van der Waals surface area contributed by atoms with Gasteiger partial charge in [-0.1, -0.05) is 43.3 Å². The van der Waals surface area contributed by atoms with Gasteiger partial charge >= 0.3 is 0 Å². The zero-order valence-electron chi connectivity index (χ0n) is 22.0. The molecule has 0 amide bonds. The summed E-state index contributed by atoms with van der Waals surface area (Å²) in [6, 6.07) is 29.9. The van der Waals surface area contributed by atoms with Crippen LogP contribution in [0.2, 0.25) is 0 Å². The van der Waals surface area contributed by atoms with Gasteiger partial charge in [0.15, 0.2) is 0 Å². The van der Waals surface area contributed by atoms with Gasteiger partial charge in [0.05, 0.1) is 33.7 Å². The molecule has 0 radical (unpaired) electrons. The Morgan fingerprint density at radius 2 is 1.43 bits per heavy atom. The van der Waals surface area contributed by atoms with Crippen molar-refractivity contribution in [3.8, 4) is 33.6 Å². The largest absolute Gasteiger partial charge is 0.256 e. The van der Waals surface area contributed by atoms with Crippen molar-refractivity contribution in [1.82, 2.24) is 15.0 Å². The van der Waals surface area contributed by atoms with E-state index in [1.807, 2.05) is 73.7 Å². The summed E-state index contributed by atoms with van der Waals surface area (Å²) in [4.78, 5) is 14.6. The molecule has 1 unspecified atom stereocenters. The molecule has 7 heteroatoms. The van der Waals surface area contributed by atoms with E-state index >= 15 is 0 Å². The Morgan fingerprint density at radius 3 is 2.12 bits per heavy atom. The molecule has 0 aliphatic carbocycles. The minimum absolute atomic E-state index is 0.0615. The van der Waals surface area contributed by atoms with Crippen molar-refractivity contribution in [3.05, 3.63) is 115 Å². The van der Waals surface area contributed by atoms with E-state index in [1.165, 1.54) is 18.4 Å². The lowest BCUT2D eigenvalue weighted by Crippen LogP contribution is -2.10. The normalized spacial score (nSPS) is 12.6. The summed E-state index contributed by atoms with van der Waals surface area (Å²) in [6.45, 7) is 1.93. The van der Waals surface area contributed by atoms with Gasteiger partial charge in [0.2, 0.25) is 0 Å². The van der Waals surface area contributed by atoms with Gasteiger partial charge in [-0.05, 0) is 77.7 Å². The van der Waals surface area contributed by atoms with E-state index in [-0.39, 0.29) is 17.5 Å². The lowest BCUT2D eigenvalue weighted by molar-refractivity contribution is 0.596. The molecule has 0 N–H and O–H groups in total. The highest BCUT2D eigenvalue weighted by molar-refractivity contribution is 7.90. The van der Waals surface area contributed by atoms with Crippen LogP contribution in [0.15, 0.2) is 103 Å². The summed E-state index contributed by atoms with van der Waals surface area (Å²) in [5.74, 6) is -0.435. The zero-order valence-corrected chi connectivity index (χ0v) is 22.9. The quantitative estimate of drug-likeness (QED) is 0.216. The van der Waals surface area contributed by atoms with E-state index in [2.05, 4.69) is 11.1 Å². The number of pyridine rings is 1. The zero-order chi connectivity index (χ0) is 27.9. The van der Waals surface area contributed by atoms with Gasteiger partial charge in [-0.15, -0.1) is 0 Å². The molecular formula is C33H26FN3O2S. The van der Waals surface area contributed by atoms with Gasteiger partial charge in [0.25, 0.3) is 0 Å². The SMILES string of the molecule is CC(CS(C)(=O)=O)c1cc(-c2cccc(-c3nc4ccccc4nc3-c3ccc(F)cc3)c2)c2ncccc2c1. The van der Waals surface area contributed by atoms with E-state index in [0.717, 1.165) is 49.8 Å². The summed E-state index contributed by atoms with van der Waals surface area (Å²) < 4.78 is 37.9. The monoisotopic (exact) mass is 547 g/mol. The fourth-order valence-electron chi connectivity index (χ4n) is 5.11. The standard InChI is InChI=1S/C33H26FN3O2S/c1-21(20-40(2,38)39)26-18-24-9-6-16-35-31(24)28(19-26)23-7-5-8-25(17-23)33-32(22-12-14-27(34)15-13-22)36-29-10-3-4-11-30(29)37-33/h3-19,21H,20H2,1-2H3. The maximum Gasteiger partial charge on any atom is 0.148 e. The third kappa shape index (κ3) is 5.20. The van der Waals surface area contributed by atoms with Gasteiger partial charge in [-0.3, -0.25) is 4.98 Å². The molecule has 1 atom stereocenters. The molecule has 6 rings (SSSR count). The first-order valence-corrected chi connectivity index (χ1v) is 15.0. The van der Waals surface area contributed by atoms with Gasteiger partial charge in [0.1, 0.15) is 15.7 Å². The van der Waals surface area contributed by atoms with Crippen LogP contribution < -0.4 is 0 Å². The summed E-state index contributed by atoms with van der Waals surface area (Å²) in [5, 5.41) is 0.943. The minimum Gasteiger partial charge on any atom is -0.256 e. The number of sulfone groups is 1. The van der Waals surface area contributed by atoms with Crippen LogP contribution in [0.5, 0.6) is 0 Å². The first kappa shape index (κ1) is 25.8. The number of benzene rings is 4. The van der Waals surface area contributed by atoms with Crippen molar-refractivity contribution in [1.29, 1.82) is 0 Å². The maximum atomic E-state index is 13.8. The van der Waals surface area contributed by atoms with Gasteiger partial charge in [-0.2, -0.15) is 0 Å². The van der Waals surface area contributed by atoms with Crippen molar-refractivity contribution in [2.24, 2.45) is 0 Å². The van der Waals surface area contributed by atoms with E-state index in [4.69, 9.17) is 9.97 Å². The molecule has 2 aromatic heterocycles. The van der Waals surface area contributed by atoms with E-state index < -0.39 is 9.84 Å². The number of halogens is 1. The van der Waals surface area contributed by atoms with Crippen molar-refractivity contribution >= 4 is 31.8 Å². The van der Waals surface area contributed by atoms with Crippen molar-refractivity contribution in [3.63, 3.8) is 0 Å². The van der Waals surface area contributed by atoms with Crippen molar-refractivity contribution in [2.75, 3.05) is 12.0 Å². The molecule has 0 saturated carbocycles. The third-order valence-corrected chi connectivity index (χ3v) is 8.09. The average Bonchev–Trinajstić information content (AvgIpc) is 2.95. The number of fused-ring (bicyclic) bond motifs is 2. The Bertz CT molecular complexity index is 1990. The highest BCUT2D eigenvalue weighted by atomic mass is 32.2. The molecule has 0 spiro atoms. The fraction of sp³-hybridized carbons (Fsp3) is 0.121. The Labute approximate surface area is 232 Å². The molecule has 0 fully saturated rings. The second-order valence-electron chi connectivity index (χ2n) is 10.1. The van der Waals surface area contributed by atoms with Crippen molar-refractivity contribution in [2.45, 2.75) is 12.8 Å². The average molecular weight is 548 g/mol. The Kier molecular flexibility index (Phi) is 6.60. The van der Waals surface area contributed by atoms with Gasteiger partial charge in [-0.25, -0.2) is 22.8 Å². The van der Waals surface area contributed by atoms with Crippen LogP contribution in [0.4, 0.5) is 4.39 Å². The topological polar surface area (TPSA) is 72.8 Å². The molecule has 2 heterocycles. The number of rotatable bonds is 6. The van der Waals surface area contributed by atoms with E-state index in [0.29, 0.717) is 11.4 Å². The predicted molar refractivity (Wildman–Crippen MR) is 159 cm³/mol. The highest BCUT2D eigenvalue weighted by Crippen LogP contribution is 2.36.